The number of imidazole rings is 1. The highest BCUT2D eigenvalue weighted by Crippen LogP contribution is 2.29. The number of nitrogens with zero attached hydrogens (tertiary/aromatic N) is 5. The number of aromatic nitrogens is 5. The molecule has 0 aliphatic heterocycles. The second-order valence-electron chi connectivity index (χ2n) is 8.04. The van der Waals surface area contributed by atoms with Crippen LogP contribution in [-0.2, 0) is 38.3 Å². The summed E-state index contributed by atoms with van der Waals surface area (Å²) in [5.74, 6) is -0.489. The lowest BCUT2D eigenvalue weighted by molar-refractivity contribution is -0.116. The molecule has 164 valence electrons. The predicted molar refractivity (Wildman–Crippen MR) is 123 cm³/mol. The summed E-state index contributed by atoms with van der Waals surface area (Å²) in [4.78, 5) is 46.6. The number of carbonyl (C=O) groups excluding carboxylic acids is 1. The number of carbonyl (C=O) groups is 1. The molecule has 0 fully saturated rings. The van der Waals surface area contributed by atoms with Gasteiger partial charge < -0.3 is 9.88 Å². The van der Waals surface area contributed by atoms with Crippen LogP contribution in [0.1, 0.15) is 24.0 Å². The Bertz CT molecular complexity index is 1480. The third-order valence-corrected chi connectivity index (χ3v) is 6.66. The zero-order chi connectivity index (χ0) is 22.4. The molecule has 1 aliphatic carbocycles. The molecule has 0 saturated carbocycles. The summed E-state index contributed by atoms with van der Waals surface area (Å²) in [6, 6.07) is 6.41. The number of amides is 1. The molecule has 1 N–H and O–H groups in total. The van der Waals surface area contributed by atoms with E-state index < -0.39 is 23.7 Å². The van der Waals surface area contributed by atoms with E-state index in [0.29, 0.717) is 5.13 Å². The smallest absolute Gasteiger partial charge is 0.328 e. The lowest BCUT2D eigenvalue weighted by Crippen LogP contribution is -2.42. The minimum Gasteiger partial charge on any atom is -0.328 e. The summed E-state index contributed by atoms with van der Waals surface area (Å²) in [6.07, 6.45) is 6.12. The van der Waals surface area contributed by atoms with Gasteiger partial charge in [0.2, 0.25) is 5.91 Å². The maximum absolute atomic E-state index is 12.8. The van der Waals surface area contributed by atoms with E-state index in [1.807, 2.05) is 5.38 Å². The van der Waals surface area contributed by atoms with E-state index in [0.717, 1.165) is 28.7 Å². The quantitative estimate of drug-likeness (QED) is 0.513. The summed E-state index contributed by atoms with van der Waals surface area (Å²) >= 11 is 1.31. The Balaban J connectivity index is 1.37. The van der Waals surface area contributed by atoms with Crippen molar-refractivity contribution < 1.29 is 4.79 Å². The van der Waals surface area contributed by atoms with E-state index in [9.17, 15) is 14.4 Å². The molecule has 4 aromatic rings. The summed E-state index contributed by atoms with van der Waals surface area (Å²) < 4.78 is 3.72. The van der Waals surface area contributed by atoms with Crippen LogP contribution in [0.25, 0.3) is 22.4 Å². The van der Waals surface area contributed by atoms with Crippen LogP contribution in [0.15, 0.2) is 39.5 Å². The van der Waals surface area contributed by atoms with Gasteiger partial charge in [-0.25, -0.2) is 19.3 Å². The molecule has 10 heteroatoms. The molecule has 1 aromatic carbocycles. The number of rotatable bonds is 4. The highest BCUT2D eigenvalue weighted by molar-refractivity contribution is 7.14. The van der Waals surface area contributed by atoms with Crippen molar-refractivity contribution in [2.75, 3.05) is 5.32 Å². The van der Waals surface area contributed by atoms with Gasteiger partial charge in [0, 0.05) is 25.0 Å². The summed E-state index contributed by atoms with van der Waals surface area (Å²) in [5, 5.41) is 5.03. The molecular formula is C22H22N6O3S. The molecule has 1 amide bonds. The average Bonchev–Trinajstić information content (AvgIpc) is 3.41. The SMILES string of the molecule is Cn1cnc2c1c(=O)n(CC(=O)Nc1nc(-c3ccc4c(c3)CCCC4)cs1)c(=O)n2C. The van der Waals surface area contributed by atoms with Gasteiger partial charge in [0.05, 0.1) is 12.0 Å². The predicted octanol–water partition coefficient (Wildman–Crippen LogP) is 2.07. The molecule has 5 rings (SSSR count). The highest BCUT2D eigenvalue weighted by atomic mass is 32.1. The number of hydrogen-bond donors (Lipinski definition) is 1. The maximum atomic E-state index is 12.8. The molecule has 0 saturated heterocycles. The number of aryl methyl sites for hydroxylation is 4. The molecule has 0 bridgehead atoms. The van der Waals surface area contributed by atoms with Gasteiger partial charge in [-0.3, -0.25) is 14.2 Å². The first-order valence-corrected chi connectivity index (χ1v) is 11.3. The standard InChI is InChI=1S/C22H22N6O3S/c1-26-12-23-19-18(26)20(30)28(22(31)27(19)2)10-17(29)25-21-24-16(11-32-21)15-8-7-13-5-3-4-6-14(13)9-15/h7-9,11-12H,3-6,10H2,1-2H3,(H,24,25,29). The largest absolute Gasteiger partial charge is 0.332 e. The molecule has 0 atom stereocenters. The zero-order valence-electron chi connectivity index (χ0n) is 17.8. The van der Waals surface area contributed by atoms with Gasteiger partial charge in [-0.05, 0) is 42.9 Å². The molecule has 9 nitrogen and oxygen atoms in total. The first-order valence-electron chi connectivity index (χ1n) is 10.4. The van der Waals surface area contributed by atoms with Crippen molar-refractivity contribution in [2.45, 2.75) is 32.2 Å². The first-order chi connectivity index (χ1) is 15.4. The maximum Gasteiger partial charge on any atom is 0.332 e. The van der Waals surface area contributed by atoms with Gasteiger partial charge in [-0.1, -0.05) is 12.1 Å². The first kappa shape index (κ1) is 20.4. The van der Waals surface area contributed by atoms with E-state index in [1.54, 1.807) is 7.05 Å². The van der Waals surface area contributed by atoms with Crippen molar-refractivity contribution >= 4 is 33.5 Å². The molecule has 0 spiro atoms. The Morgan fingerprint density at radius 1 is 1.16 bits per heavy atom. The Kier molecular flexibility index (Phi) is 5.01. The van der Waals surface area contributed by atoms with Crippen LogP contribution in [0.4, 0.5) is 5.13 Å². The fourth-order valence-electron chi connectivity index (χ4n) is 4.19. The third-order valence-electron chi connectivity index (χ3n) is 5.90. The number of nitrogens with one attached hydrogen (secondary N) is 1. The van der Waals surface area contributed by atoms with Crippen molar-refractivity contribution in [3.05, 3.63) is 61.9 Å². The number of benzene rings is 1. The van der Waals surface area contributed by atoms with Crippen molar-refractivity contribution in [3.63, 3.8) is 0 Å². The van der Waals surface area contributed by atoms with E-state index >= 15 is 0 Å². The average molecular weight is 451 g/mol. The molecular weight excluding hydrogens is 428 g/mol. The van der Waals surface area contributed by atoms with Gasteiger partial charge >= 0.3 is 5.69 Å². The second-order valence-corrected chi connectivity index (χ2v) is 8.90. The van der Waals surface area contributed by atoms with Gasteiger partial charge in [0.15, 0.2) is 16.3 Å². The van der Waals surface area contributed by atoms with Crippen LogP contribution in [-0.4, -0.2) is 29.6 Å². The lowest BCUT2D eigenvalue weighted by Gasteiger charge is -2.16. The summed E-state index contributed by atoms with van der Waals surface area (Å²) in [7, 11) is 3.20. The van der Waals surface area contributed by atoms with Gasteiger partial charge in [-0.2, -0.15) is 0 Å². The minimum atomic E-state index is -0.592. The van der Waals surface area contributed by atoms with Crippen molar-refractivity contribution in [1.29, 1.82) is 0 Å². The Hall–Kier alpha value is -3.53. The Morgan fingerprint density at radius 2 is 1.94 bits per heavy atom. The molecule has 3 heterocycles. The molecule has 0 unspecified atom stereocenters. The van der Waals surface area contributed by atoms with Crippen molar-refractivity contribution in [3.8, 4) is 11.3 Å². The van der Waals surface area contributed by atoms with Crippen LogP contribution in [0.5, 0.6) is 0 Å². The summed E-state index contributed by atoms with van der Waals surface area (Å²) in [6.45, 7) is -0.402. The Morgan fingerprint density at radius 3 is 2.75 bits per heavy atom. The summed E-state index contributed by atoms with van der Waals surface area (Å²) in [5.41, 5.74) is 4.00. The normalized spacial score (nSPS) is 13.3. The van der Waals surface area contributed by atoms with Crippen molar-refractivity contribution in [2.24, 2.45) is 14.1 Å². The zero-order valence-corrected chi connectivity index (χ0v) is 18.6. The van der Waals surface area contributed by atoms with Crippen LogP contribution >= 0.6 is 11.3 Å². The third kappa shape index (κ3) is 3.46. The molecule has 0 radical (unpaired) electrons. The van der Waals surface area contributed by atoms with E-state index in [-0.39, 0.29) is 11.2 Å². The van der Waals surface area contributed by atoms with Crippen LogP contribution in [0.3, 0.4) is 0 Å². The van der Waals surface area contributed by atoms with Gasteiger partial charge in [0.25, 0.3) is 5.56 Å². The number of anilines is 1. The van der Waals surface area contributed by atoms with Gasteiger partial charge in [0.1, 0.15) is 6.54 Å². The number of thiazole rings is 1. The molecule has 1 aliphatic rings. The number of fused-ring (bicyclic) bond motifs is 2. The van der Waals surface area contributed by atoms with Crippen LogP contribution in [0.2, 0.25) is 0 Å². The van der Waals surface area contributed by atoms with E-state index in [1.165, 1.54) is 57.8 Å². The highest BCUT2D eigenvalue weighted by Gasteiger charge is 2.18. The monoisotopic (exact) mass is 450 g/mol. The number of hydrogen-bond acceptors (Lipinski definition) is 6. The minimum absolute atomic E-state index is 0.267. The van der Waals surface area contributed by atoms with E-state index in [4.69, 9.17) is 0 Å². The fraction of sp³-hybridized carbons (Fsp3) is 0.318. The van der Waals surface area contributed by atoms with E-state index in [2.05, 4.69) is 33.5 Å². The fourth-order valence-corrected chi connectivity index (χ4v) is 4.93. The van der Waals surface area contributed by atoms with Crippen LogP contribution in [0, 0.1) is 0 Å². The Labute approximate surface area is 187 Å². The van der Waals surface area contributed by atoms with Crippen molar-refractivity contribution in [1.82, 2.24) is 23.7 Å². The lowest BCUT2D eigenvalue weighted by atomic mass is 9.90. The topological polar surface area (TPSA) is 104 Å². The van der Waals surface area contributed by atoms with Gasteiger partial charge in [-0.15, -0.1) is 11.3 Å². The molecule has 32 heavy (non-hydrogen) atoms. The molecule has 3 aromatic heterocycles. The second kappa shape index (κ2) is 7.86. The van der Waals surface area contributed by atoms with Crippen LogP contribution < -0.4 is 16.6 Å².